The fourth-order valence-corrected chi connectivity index (χ4v) is 2.71. The Labute approximate surface area is 178 Å². The third-order valence-corrected chi connectivity index (χ3v) is 4.11. The zero-order valence-electron chi connectivity index (χ0n) is 17.2. The number of H-pyrrole nitrogens is 1. The third-order valence-electron chi connectivity index (χ3n) is 4.11. The van der Waals surface area contributed by atoms with Gasteiger partial charge in [0.25, 0.3) is 11.6 Å². The SMILES string of the molecule is COc1cc(-c2cc(C(=O)NN=Cc3cccc([N+](=O)[O-])c3)[nH]n2)ccc1OC(C)C. The van der Waals surface area contributed by atoms with Crippen molar-refractivity contribution in [2.24, 2.45) is 5.10 Å². The van der Waals surface area contributed by atoms with Gasteiger partial charge in [-0.2, -0.15) is 10.2 Å². The number of benzene rings is 2. The molecule has 0 saturated carbocycles. The van der Waals surface area contributed by atoms with E-state index >= 15 is 0 Å². The molecule has 0 aliphatic rings. The first-order valence-corrected chi connectivity index (χ1v) is 9.35. The predicted molar refractivity (Wildman–Crippen MR) is 114 cm³/mol. The topological polar surface area (TPSA) is 132 Å². The lowest BCUT2D eigenvalue weighted by Crippen LogP contribution is -2.18. The van der Waals surface area contributed by atoms with E-state index in [1.54, 1.807) is 31.4 Å². The summed E-state index contributed by atoms with van der Waals surface area (Å²) in [6.45, 7) is 3.85. The van der Waals surface area contributed by atoms with Crippen LogP contribution >= 0.6 is 0 Å². The molecule has 0 bridgehead atoms. The van der Waals surface area contributed by atoms with Crippen molar-refractivity contribution in [1.82, 2.24) is 15.6 Å². The van der Waals surface area contributed by atoms with Crippen LogP contribution in [-0.4, -0.2) is 40.5 Å². The molecule has 2 N–H and O–H groups in total. The number of hydrogen-bond donors (Lipinski definition) is 2. The molecule has 1 amide bonds. The predicted octanol–water partition coefficient (Wildman–Crippen LogP) is 3.54. The van der Waals surface area contributed by atoms with Crippen molar-refractivity contribution in [3.8, 4) is 22.8 Å². The van der Waals surface area contributed by atoms with E-state index in [-0.39, 0.29) is 17.5 Å². The number of aromatic amines is 1. The molecular formula is C21H21N5O5. The summed E-state index contributed by atoms with van der Waals surface area (Å²) in [6.07, 6.45) is 1.32. The average molecular weight is 423 g/mol. The van der Waals surface area contributed by atoms with Crippen LogP contribution in [0.4, 0.5) is 5.69 Å². The van der Waals surface area contributed by atoms with Gasteiger partial charge in [-0.15, -0.1) is 0 Å². The van der Waals surface area contributed by atoms with Crippen LogP contribution in [0.25, 0.3) is 11.3 Å². The van der Waals surface area contributed by atoms with Crippen LogP contribution in [-0.2, 0) is 0 Å². The fraction of sp³-hybridized carbons (Fsp3) is 0.190. The van der Waals surface area contributed by atoms with Gasteiger partial charge in [0.2, 0.25) is 0 Å². The van der Waals surface area contributed by atoms with Gasteiger partial charge in [0.05, 0.1) is 30.0 Å². The Kier molecular flexibility index (Phi) is 6.61. The molecule has 160 valence electrons. The molecule has 31 heavy (non-hydrogen) atoms. The molecule has 10 heteroatoms. The number of carbonyl (C=O) groups excluding carboxylic acids is 1. The van der Waals surface area contributed by atoms with E-state index in [4.69, 9.17) is 9.47 Å². The van der Waals surface area contributed by atoms with Gasteiger partial charge in [-0.3, -0.25) is 20.0 Å². The number of rotatable bonds is 8. The van der Waals surface area contributed by atoms with E-state index in [1.165, 1.54) is 24.4 Å². The summed E-state index contributed by atoms with van der Waals surface area (Å²) in [4.78, 5) is 22.6. The highest BCUT2D eigenvalue weighted by Crippen LogP contribution is 2.32. The molecular weight excluding hydrogens is 402 g/mol. The van der Waals surface area contributed by atoms with Crippen LogP contribution in [0.2, 0.25) is 0 Å². The maximum absolute atomic E-state index is 12.3. The van der Waals surface area contributed by atoms with E-state index in [9.17, 15) is 14.9 Å². The lowest BCUT2D eigenvalue weighted by molar-refractivity contribution is -0.384. The average Bonchev–Trinajstić information content (AvgIpc) is 3.24. The first-order valence-electron chi connectivity index (χ1n) is 9.35. The number of nitro benzene ring substituents is 1. The number of non-ortho nitro benzene ring substituents is 1. The molecule has 2 aromatic carbocycles. The van der Waals surface area contributed by atoms with Gasteiger partial charge >= 0.3 is 0 Å². The number of hydrogen-bond acceptors (Lipinski definition) is 7. The van der Waals surface area contributed by atoms with Crippen LogP contribution in [0.1, 0.15) is 29.9 Å². The molecule has 0 aliphatic carbocycles. The molecule has 0 spiro atoms. The number of amides is 1. The fourth-order valence-electron chi connectivity index (χ4n) is 2.71. The Hall–Kier alpha value is -4.21. The second kappa shape index (κ2) is 9.53. The van der Waals surface area contributed by atoms with Crippen molar-refractivity contribution >= 4 is 17.8 Å². The number of nitro groups is 1. The van der Waals surface area contributed by atoms with E-state index in [2.05, 4.69) is 20.7 Å². The van der Waals surface area contributed by atoms with Crippen molar-refractivity contribution in [1.29, 1.82) is 0 Å². The van der Waals surface area contributed by atoms with Crippen molar-refractivity contribution < 1.29 is 19.2 Å². The first kappa shape index (κ1) is 21.5. The number of ether oxygens (including phenoxy) is 2. The number of nitrogens with zero attached hydrogens (tertiary/aromatic N) is 3. The van der Waals surface area contributed by atoms with E-state index in [1.807, 2.05) is 19.9 Å². The summed E-state index contributed by atoms with van der Waals surface area (Å²) in [6, 6.07) is 12.9. The summed E-state index contributed by atoms with van der Waals surface area (Å²) in [7, 11) is 1.55. The largest absolute Gasteiger partial charge is 0.493 e. The minimum Gasteiger partial charge on any atom is -0.493 e. The van der Waals surface area contributed by atoms with Crippen molar-refractivity contribution in [3.63, 3.8) is 0 Å². The van der Waals surface area contributed by atoms with E-state index < -0.39 is 10.8 Å². The lowest BCUT2D eigenvalue weighted by Gasteiger charge is -2.14. The normalized spacial score (nSPS) is 11.0. The van der Waals surface area contributed by atoms with Crippen LogP contribution in [0, 0.1) is 10.1 Å². The molecule has 3 rings (SSSR count). The zero-order valence-corrected chi connectivity index (χ0v) is 17.2. The summed E-state index contributed by atoms with van der Waals surface area (Å²) < 4.78 is 11.1. The lowest BCUT2D eigenvalue weighted by atomic mass is 10.1. The Morgan fingerprint density at radius 3 is 2.74 bits per heavy atom. The van der Waals surface area contributed by atoms with Gasteiger partial charge in [0.15, 0.2) is 11.5 Å². The maximum Gasteiger partial charge on any atom is 0.289 e. The molecule has 1 heterocycles. The first-order chi connectivity index (χ1) is 14.9. The number of aromatic nitrogens is 2. The van der Waals surface area contributed by atoms with Crippen molar-refractivity contribution in [3.05, 3.63) is 69.9 Å². The Balaban J connectivity index is 1.69. The van der Waals surface area contributed by atoms with Crippen LogP contribution in [0.3, 0.4) is 0 Å². The molecule has 0 fully saturated rings. The van der Waals surface area contributed by atoms with Gasteiger partial charge in [-0.05, 0) is 38.1 Å². The molecule has 3 aromatic rings. The minimum atomic E-state index is -0.507. The van der Waals surface area contributed by atoms with Crippen molar-refractivity contribution in [2.75, 3.05) is 7.11 Å². The van der Waals surface area contributed by atoms with Crippen LogP contribution < -0.4 is 14.9 Å². The van der Waals surface area contributed by atoms with Crippen molar-refractivity contribution in [2.45, 2.75) is 20.0 Å². The summed E-state index contributed by atoms with van der Waals surface area (Å²) in [5.41, 5.74) is 4.26. The summed E-state index contributed by atoms with van der Waals surface area (Å²) >= 11 is 0. The van der Waals surface area contributed by atoms with Gasteiger partial charge in [-0.25, -0.2) is 5.43 Å². The smallest absolute Gasteiger partial charge is 0.289 e. The zero-order chi connectivity index (χ0) is 22.4. The van der Waals surface area contributed by atoms with Crippen LogP contribution in [0.15, 0.2) is 53.6 Å². The molecule has 0 unspecified atom stereocenters. The number of carbonyl (C=O) groups is 1. The van der Waals surface area contributed by atoms with Gasteiger partial charge in [-0.1, -0.05) is 12.1 Å². The Morgan fingerprint density at radius 1 is 1.23 bits per heavy atom. The Bertz CT molecular complexity index is 1120. The molecule has 0 aliphatic heterocycles. The third kappa shape index (κ3) is 5.44. The van der Waals surface area contributed by atoms with Gasteiger partial charge < -0.3 is 9.47 Å². The minimum absolute atomic E-state index is 0.00279. The second-order valence-corrected chi connectivity index (χ2v) is 6.75. The highest BCUT2D eigenvalue weighted by molar-refractivity contribution is 5.94. The molecule has 0 atom stereocenters. The molecule has 10 nitrogen and oxygen atoms in total. The van der Waals surface area contributed by atoms with E-state index in [0.717, 1.165) is 5.56 Å². The van der Waals surface area contributed by atoms with Gasteiger partial charge in [0, 0.05) is 23.3 Å². The molecule has 0 saturated heterocycles. The maximum atomic E-state index is 12.3. The summed E-state index contributed by atoms with van der Waals surface area (Å²) in [5.74, 6) is 0.666. The van der Waals surface area contributed by atoms with Gasteiger partial charge in [0.1, 0.15) is 5.69 Å². The quantitative estimate of drug-likeness (QED) is 0.324. The monoisotopic (exact) mass is 423 g/mol. The highest BCUT2D eigenvalue weighted by atomic mass is 16.6. The number of hydrazone groups is 1. The standard InChI is InChI=1S/C21H21N5O5/c1-13(2)31-19-8-7-15(10-20(19)30-3)17-11-18(24-23-17)21(27)25-22-12-14-5-4-6-16(9-14)26(28)29/h4-13H,1-3H3,(H,23,24)(H,25,27). The number of nitrogens with one attached hydrogen (secondary N) is 2. The number of methoxy groups -OCH3 is 1. The molecule has 0 radical (unpaired) electrons. The van der Waals surface area contributed by atoms with E-state index in [0.29, 0.717) is 22.8 Å². The second-order valence-electron chi connectivity index (χ2n) is 6.75. The van der Waals surface area contributed by atoms with Crippen LogP contribution in [0.5, 0.6) is 11.5 Å². The highest BCUT2D eigenvalue weighted by Gasteiger charge is 2.13. The molecule has 1 aromatic heterocycles. The summed E-state index contributed by atoms with van der Waals surface area (Å²) in [5, 5.41) is 21.5. The Morgan fingerprint density at radius 2 is 2.03 bits per heavy atom.